The molecular weight excluding hydrogens is 319 g/mol. The number of benzene rings is 2. The van der Waals surface area contributed by atoms with Crippen molar-refractivity contribution >= 4 is 11.7 Å². The molecule has 0 radical (unpaired) electrons. The second-order valence-electron chi connectivity index (χ2n) is 4.76. The molecule has 2 aromatic rings. The van der Waals surface area contributed by atoms with E-state index in [0.29, 0.717) is 11.1 Å². The van der Waals surface area contributed by atoms with E-state index < -0.39 is 17.8 Å². The quantitative estimate of drug-likeness (QED) is 0.479. The second kappa shape index (κ2) is 7.59. The van der Waals surface area contributed by atoms with Crippen molar-refractivity contribution in [3.05, 3.63) is 83.6 Å². The summed E-state index contributed by atoms with van der Waals surface area (Å²) in [6.07, 6.45) is -4.85. The van der Waals surface area contributed by atoms with Gasteiger partial charge in [-0.1, -0.05) is 60.7 Å². The summed E-state index contributed by atoms with van der Waals surface area (Å²) in [6, 6.07) is 17.3. The highest BCUT2D eigenvalue weighted by molar-refractivity contribution is 6.14. The van der Waals surface area contributed by atoms with Gasteiger partial charge in [0.15, 0.2) is 5.70 Å². The molecule has 124 valence electrons. The Morgan fingerprint density at radius 1 is 0.958 bits per heavy atom. The largest absolute Gasteiger partial charge is 0.464 e. The minimum Gasteiger partial charge on any atom is -0.464 e. The maximum atomic E-state index is 12.7. The Morgan fingerprint density at radius 3 is 1.79 bits per heavy atom. The molecule has 0 bridgehead atoms. The molecule has 0 spiro atoms. The topological polar surface area (TPSA) is 38.7 Å². The third-order valence-electron chi connectivity index (χ3n) is 3.02. The molecule has 0 saturated carbocycles. The highest BCUT2D eigenvalue weighted by atomic mass is 19.4. The summed E-state index contributed by atoms with van der Waals surface area (Å²) in [5.74, 6) is -1.16. The van der Waals surface area contributed by atoms with E-state index in [0.717, 1.165) is 7.11 Å². The van der Waals surface area contributed by atoms with Crippen LogP contribution in [0.4, 0.5) is 13.2 Å². The molecule has 3 nitrogen and oxygen atoms in total. The first-order valence-electron chi connectivity index (χ1n) is 6.98. The fourth-order valence-electron chi connectivity index (χ4n) is 2.00. The van der Waals surface area contributed by atoms with Crippen LogP contribution in [0.5, 0.6) is 0 Å². The van der Waals surface area contributed by atoms with E-state index in [2.05, 4.69) is 9.73 Å². The van der Waals surface area contributed by atoms with Crippen LogP contribution in [0, 0.1) is 0 Å². The molecule has 0 unspecified atom stereocenters. The van der Waals surface area contributed by atoms with Crippen molar-refractivity contribution in [2.24, 2.45) is 4.99 Å². The number of carbonyl (C=O) groups is 1. The maximum Gasteiger partial charge on any atom is 0.412 e. The third-order valence-corrected chi connectivity index (χ3v) is 3.02. The fraction of sp³-hybridized carbons (Fsp3) is 0.111. The van der Waals surface area contributed by atoms with Crippen LogP contribution in [0.2, 0.25) is 0 Å². The molecule has 0 atom stereocenters. The van der Waals surface area contributed by atoms with Crippen LogP contribution in [-0.4, -0.2) is 25.0 Å². The van der Waals surface area contributed by atoms with Crippen molar-refractivity contribution in [1.29, 1.82) is 0 Å². The molecule has 24 heavy (non-hydrogen) atoms. The van der Waals surface area contributed by atoms with E-state index in [1.54, 1.807) is 60.7 Å². The monoisotopic (exact) mass is 333 g/mol. The van der Waals surface area contributed by atoms with Crippen LogP contribution in [0.25, 0.3) is 0 Å². The average Bonchev–Trinajstić information content (AvgIpc) is 2.58. The van der Waals surface area contributed by atoms with Gasteiger partial charge in [0.05, 0.1) is 18.9 Å². The van der Waals surface area contributed by atoms with Crippen LogP contribution in [0.15, 0.2) is 77.4 Å². The van der Waals surface area contributed by atoms with Gasteiger partial charge in [-0.2, -0.15) is 13.2 Å². The van der Waals surface area contributed by atoms with Crippen LogP contribution in [0.3, 0.4) is 0 Å². The lowest BCUT2D eigenvalue weighted by molar-refractivity contribution is -0.137. The Labute approximate surface area is 137 Å². The highest BCUT2D eigenvalue weighted by Crippen LogP contribution is 2.21. The number of esters is 1. The number of rotatable bonds is 4. The molecule has 0 aliphatic carbocycles. The van der Waals surface area contributed by atoms with E-state index in [4.69, 9.17) is 0 Å². The van der Waals surface area contributed by atoms with E-state index in [1.165, 1.54) is 0 Å². The molecule has 0 aromatic heterocycles. The Balaban J connectivity index is 2.62. The van der Waals surface area contributed by atoms with Crippen molar-refractivity contribution in [3.8, 4) is 0 Å². The van der Waals surface area contributed by atoms with E-state index >= 15 is 0 Å². The second-order valence-corrected chi connectivity index (χ2v) is 4.76. The molecule has 2 aromatic carbocycles. The number of carbonyl (C=O) groups excluding carboxylic acids is 1. The number of aliphatic imine (C=N–C) groups is 1. The first kappa shape index (κ1) is 17.5. The van der Waals surface area contributed by atoms with Crippen LogP contribution >= 0.6 is 0 Å². The number of hydrogen-bond acceptors (Lipinski definition) is 3. The molecular formula is C18H14F3NO2. The van der Waals surface area contributed by atoms with Gasteiger partial charge in [-0.15, -0.1) is 0 Å². The van der Waals surface area contributed by atoms with Gasteiger partial charge in [-0.05, 0) is 0 Å². The van der Waals surface area contributed by atoms with Crippen molar-refractivity contribution < 1.29 is 22.7 Å². The summed E-state index contributed by atoms with van der Waals surface area (Å²) in [5.41, 5.74) is 0.603. The minimum absolute atomic E-state index is 0.162. The normalized spacial score (nSPS) is 11.8. The van der Waals surface area contributed by atoms with Gasteiger partial charge in [0, 0.05) is 11.1 Å². The summed E-state index contributed by atoms with van der Waals surface area (Å²) in [7, 11) is 1.01. The lowest BCUT2D eigenvalue weighted by Crippen LogP contribution is -2.13. The SMILES string of the molecule is COC(=O)/C(=C/C(F)(F)F)N=C(c1ccccc1)c1ccccc1. The maximum absolute atomic E-state index is 12.7. The zero-order valence-electron chi connectivity index (χ0n) is 12.7. The van der Waals surface area contributed by atoms with Crippen LogP contribution in [0.1, 0.15) is 11.1 Å². The lowest BCUT2D eigenvalue weighted by Gasteiger charge is -2.09. The van der Waals surface area contributed by atoms with Crippen LogP contribution < -0.4 is 0 Å². The first-order chi connectivity index (χ1) is 11.4. The first-order valence-corrected chi connectivity index (χ1v) is 6.98. The average molecular weight is 333 g/mol. The molecule has 0 aliphatic rings. The molecule has 6 heteroatoms. The molecule has 0 fully saturated rings. The van der Waals surface area contributed by atoms with E-state index in [-0.39, 0.29) is 11.8 Å². The smallest absolute Gasteiger partial charge is 0.412 e. The fourth-order valence-corrected chi connectivity index (χ4v) is 2.00. The predicted octanol–water partition coefficient (Wildman–Crippen LogP) is 4.14. The van der Waals surface area contributed by atoms with Crippen molar-refractivity contribution in [3.63, 3.8) is 0 Å². The molecule has 0 aliphatic heterocycles. The van der Waals surface area contributed by atoms with E-state index in [9.17, 15) is 18.0 Å². The summed E-state index contributed by atoms with van der Waals surface area (Å²) in [4.78, 5) is 15.6. The van der Waals surface area contributed by atoms with E-state index in [1.807, 2.05) is 0 Å². The molecule has 0 amide bonds. The summed E-state index contributed by atoms with van der Waals surface area (Å²) in [6.45, 7) is 0. The highest BCUT2D eigenvalue weighted by Gasteiger charge is 2.28. The summed E-state index contributed by atoms with van der Waals surface area (Å²) >= 11 is 0. The van der Waals surface area contributed by atoms with Gasteiger partial charge in [0.2, 0.25) is 0 Å². The lowest BCUT2D eigenvalue weighted by atomic mass is 10.0. The predicted molar refractivity (Wildman–Crippen MR) is 84.7 cm³/mol. The van der Waals surface area contributed by atoms with Crippen molar-refractivity contribution in [2.75, 3.05) is 7.11 Å². The minimum atomic E-state index is -4.69. The number of ether oxygens (including phenoxy) is 1. The number of hydrogen-bond donors (Lipinski definition) is 0. The molecule has 0 heterocycles. The number of methoxy groups -OCH3 is 1. The number of allylic oxidation sites excluding steroid dienone is 1. The zero-order chi connectivity index (χ0) is 17.6. The van der Waals surface area contributed by atoms with Gasteiger partial charge in [-0.25, -0.2) is 9.79 Å². The van der Waals surface area contributed by atoms with Gasteiger partial charge in [0.1, 0.15) is 0 Å². The standard InChI is InChI=1S/C18H14F3NO2/c1-24-17(23)15(12-18(19,20)21)22-16(13-8-4-2-5-9-13)14-10-6-3-7-11-14/h2-12H,1H3/b15-12-. The Kier molecular flexibility index (Phi) is 5.52. The number of alkyl halides is 3. The number of nitrogens with zero attached hydrogens (tertiary/aromatic N) is 1. The van der Waals surface area contributed by atoms with Crippen molar-refractivity contribution in [1.82, 2.24) is 0 Å². The van der Waals surface area contributed by atoms with Gasteiger partial charge in [-0.3, -0.25) is 0 Å². The molecule has 2 rings (SSSR count). The zero-order valence-corrected chi connectivity index (χ0v) is 12.7. The van der Waals surface area contributed by atoms with Gasteiger partial charge >= 0.3 is 12.1 Å². The van der Waals surface area contributed by atoms with Crippen molar-refractivity contribution in [2.45, 2.75) is 6.18 Å². The Hall–Kier alpha value is -2.89. The molecule has 0 N–H and O–H groups in total. The summed E-state index contributed by atoms with van der Waals surface area (Å²) < 4.78 is 42.5. The Morgan fingerprint density at radius 2 is 1.42 bits per heavy atom. The molecule has 0 saturated heterocycles. The van der Waals surface area contributed by atoms with Crippen LogP contribution in [-0.2, 0) is 9.53 Å². The van der Waals surface area contributed by atoms with Gasteiger partial charge in [0.25, 0.3) is 0 Å². The Bertz CT molecular complexity index is 709. The number of halogens is 3. The summed E-state index contributed by atoms with van der Waals surface area (Å²) in [5, 5.41) is 0. The third kappa shape index (κ3) is 4.81. The van der Waals surface area contributed by atoms with Gasteiger partial charge < -0.3 is 4.74 Å².